The van der Waals surface area contributed by atoms with Crippen LogP contribution in [-0.2, 0) is 0 Å². The maximum absolute atomic E-state index is 10.4. The lowest BCUT2D eigenvalue weighted by molar-refractivity contribution is -0.00455. The van der Waals surface area contributed by atoms with Gasteiger partial charge in [0.2, 0.25) is 0 Å². The van der Waals surface area contributed by atoms with Crippen molar-refractivity contribution in [1.82, 2.24) is 4.90 Å². The van der Waals surface area contributed by atoms with Gasteiger partial charge in [-0.25, -0.2) is 0 Å². The van der Waals surface area contributed by atoms with Crippen LogP contribution in [0.1, 0.15) is 26.7 Å². The summed E-state index contributed by atoms with van der Waals surface area (Å²) < 4.78 is 0. The summed E-state index contributed by atoms with van der Waals surface area (Å²) in [5, 5.41) is 10.4. The van der Waals surface area contributed by atoms with E-state index in [1.54, 1.807) is 0 Å². The zero-order chi connectivity index (χ0) is 13.7. The molecule has 1 aromatic carbocycles. The molecule has 1 aliphatic heterocycles. The van der Waals surface area contributed by atoms with Crippen LogP contribution in [0.2, 0.25) is 0 Å². The van der Waals surface area contributed by atoms with E-state index in [4.69, 9.17) is 0 Å². The van der Waals surface area contributed by atoms with E-state index in [0.29, 0.717) is 0 Å². The van der Waals surface area contributed by atoms with Crippen molar-refractivity contribution in [2.24, 2.45) is 0 Å². The molecule has 0 aliphatic carbocycles. The highest BCUT2D eigenvalue weighted by Crippen LogP contribution is 2.20. The van der Waals surface area contributed by atoms with Crippen molar-refractivity contribution >= 4 is 5.69 Å². The smallest absolute Gasteiger partial charge is 0.0768 e. The summed E-state index contributed by atoms with van der Waals surface area (Å²) in [5.41, 5.74) is 0.804. The summed E-state index contributed by atoms with van der Waals surface area (Å²) in [7, 11) is 0. The first-order valence-corrected chi connectivity index (χ1v) is 7.41. The number of hydrogen-bond acceptors (Lipinski definition) is 3. The van der Waals surface area contributed by atoms with Gasteiger partial charge in [-0.05, 0) is 25.0 Å². The number of β-amino-alcohol motifs (C(OH)–C–C–N with tert-alkyl or cyclic N) is 1. The van der Waals surface area contributed by atoms with Crippen molar-refractivity contribution in [3.8, 4) is 0 Å². The molecule has 1 saturated heterocycles. The van der Waals surface area contributed by atoms with Crippen molar-refractivity contribution in [3.05, 3.63) is 30.3 Å². The van der Waals surface area contributed by atoms with E-state index in [1.807, 2.05) is 0 Å². The molecule has 0 bridgehead atoms. The molecule has 2 rings (SSSR count). The molecule has 0 radical (unpaired) electrons. The number of aliphatic hydroxyl groups is 1. The molecule has 3 heteroatoms. The van der Waals surface area contributed by atoms with Gasteiger partial charge in [0.1, 0.15) is 0 Å². The molecule has 1 fully saturated rings. The van der Waals surface area contributed by atoms with E-state index in [9.17, 15) is 5.11 Å². The molecule has 19 heavy (non-hydrogen) atoms. The van der Waals surface area contributed by atoms with Crippen molar-refractivity contribution in [2.75, 3.05) is 37.6 Å². The minimum Gasteiger partial charge on any atom is -0.389 e. The van der Waals surface area contributed by atoms with E-state index in [1.165, 1.54) is 5.69 Å². The van der Waals surface area contributed by atoms with E-state index >= 15 is 0 Å². The van der Waals surface area contributed by atoms with E-state index in [0.717, 1.165) is 45.6 Å². The minimum absolute atomic E-state index is 0.505. The Bertz CT molecular complexity index is 368. The van der Waals surface area contributed by atoms with Crippen LogP contribution in [0.15, 0.2) is 30.3 Å². The number of anilines is 1. The Morgan fingerprint density at radius 2 is 1.58 bits per heavy atom. The van der Waals surface area contributed by atoms with Gasteiger partial charge in [0.05, 0.1) is 5.60 Å². The second-order valence-electron chi connectivity index (χ2n) is 5.53. The Labute approximate surface area is 116 Å². The van der Waals surface area contributed by atoms with Gasteiger partial charge in [-0.1, -0.05) is 32.0 Å². The second kappa shape index (κ2) is 6.40. The summed E-state index contributed by atoms with van der Waals surface area (Å²) in [6.07, 6.45) is 1.67. The molecular formula is C16H26N2O. The van der Waals surface area contributed by atoms with Crippen LogP contribution in [0.4, 0.5) is 5.69 Å². The fourth-order valence-corrected chi connectivity index (χ4v) is 2.69. The number of piperazine rings is 1. The first kappa shape index (κ1) is 14.4. The van der Waals surface area contributed by atoms with Crippen molar-refractivity contribution < 1.29 is 5.11 Å². The molecule has 1 aliphatic rings. The topological polar surface area (TPSA) is 26.7 Å². The largest absolute Gasteiger partial charge is 0.389 e. The highest BCUT2D eigenvalue weighted by Gasteiger charge is 2.27. The molecule has 1 heterocycles. The standard InChI is InChI=1S/C16H26N2O/c1-3-16(19,4-2)14-17-10-12-18(13-11-17)15-8-6-5-7-9-15/h5-9,19H,3-4,10-14H2,1-2H3. The highest BCUT2D eigenvalue weighted by molar-refractivity contribution is 5.46. The van der Waals surface area contributed by atoms with Crippen molar-refractivity contribution in [3.63, 3.8) is 0 Å². The molecule has 3 nitrogen and oxygen atoms in total. The average molecular weight is 262 g/mol. The Morgan fingerprint density at radius 3 is 2.11 bits per heavy atom. The lowest BCUT2D eigenvalue weighted by Gasteiger charge is -2.39. The summed E-state index contributed by atoms with van der Waals surface area (Å²) in [5.74, 6) is 0. The van der Waals surface area contributed by atoms with E-state index < -0.39 is 5.60 Å². The predicted octanol–water partition coefficient (Wildman–Crippen LogP) is 2.36. The van der Waals surface area contributed by atoms with Gasteiger partial charge in [-0.15, -0.1) is 0 Å². The maximum atomic E-state index is 10.4. The van der Waals surface area contributed by atoms with Gasteiger partial charge in [0.15, 0.2) is 0 Å². The molecule has 1 N–H and O–H groups in total. The fraction of sp³-hybridized carbons (Fsp3) is 0.625. The van der Waals surface area contributed by atoms with Crippen LogP contribution in [0.25, 0.3) is 0 Å². The third-order valence-corrected chi connectivity index (χ3v) is 4.33. The van der Waals surface area contributed by atoms with Gasteiger partial charge >= 0.3 is 0 Å². The van der Waals surface area contributed by atoms with Gasteiger partial charge in [0, 0.05) is 38.4 Å². The minimum atomic E-state index is -0.505. The molecular weight excluding hydrogens is 236 g/mol. The zero-order valence-electron chi connectivity index (χ0n) is 12.2. The second-order valence-corrected chi connectivity index (χ2v) is 5.53. The summed E-state index contributed by atoms with van der Waals surface area (Å²) in [6, 6.07) is 10.6. The zero-order valence-corrected chi connectivity index (χ0v) is 12.2. The molecule has 0 unspecified atom stereocenters. The van der Waals surface area contributed by atoms with Crippen molar-refractivity contribution in [1.29, 1.82) is 0 Å². The fourth-order valence-electron chi connectivity index (χ4n) is 2.69. The van der Waals surface area contributed by atoms with Crippen LogP contribution in [-0.4, -0.2) is 48.3 Å². The summed E-state index contributed by atoms with van der Waals surface area (Å²) >= 11 is 0. The average Bonchev–Trinajstić information content (AvgIpc) is 2.49. The van der Waals surface area contributed by atoms with Gasteiger partial charge in [0.25, 0.3) is 0 Å². The number of nitrogens with zero attached hydrogens (tertiary/aromatic N) is 2. The molecule has 0 amide bonds. The number of hydrogen-bond donors (Lipinski definition) is 1. The molecule has 0 spiro atoms. The predicted molar refractivity (Wildman–Crippen MR) is 80.6 cm³/mol. The first-order chi connectivity index (χ1) is 9.17. The molecule has 0 atom stereocenters. The van der Waals surface area contributed by atoms with Crippen LogP contribution in [0.3, 0.4) is 0 Å². The lowest BCUT2D eigenvalue weighted by atomic mass is 9.96. The van der Waals surface area contributed by atoms with E-state index in [-0.39, 0.29) is 0 Å². The van der Waals surface area contributed by atoms with Gasteiger partial charge in [-0.3, -0.25) is 4.90 Å². The maximum Gasteiger partial charge on any atom is 0.0768 e. The normalized spacial score (nSPS) is 17.7. The number of benzene rings is 1. The van der Waals surface area contributed by atoms with Crippen LogP contribution >= 0.6 is 0 Å². The summed E-state index contributed by atoms with van der Waals surface area (Å²) in [4.78, 5) is 4.82. The number of rotatable bonds is 5. The van der Waals surface area contributed by atoms with Crippen LogP contribution < -0.4 is 4.90 Å². The summed E-state index contributed by atoms with van der Waals surface area (Å²) in [6.45, 7) is 9.13. The van der Waals surface area contributed by atoms with Crippen LogP contribution in [0.5, 0.6) is 0 Å². The van der Waals surface area contributed by atoms with Gasteiger partial charge in [-0.2, -0.15) is 0 Å². The third kappa shape index (κ3) is 3.71. The molecule has 0 saturated carbocycles. The molecule has 0 aromatic heterocycles. The van der Waals surface area contributed by atoms with E-state index in [2.05, 4.69) is 54.0 Å². The first-order valence-electron chi connectivity index (χ1n) is 7.41. The Hall–Kier alpha value is -1.06. The number of para-hydroxylation sites is 1. The highest BCUT2D eigenvalue weighted by atomic mass is 16.3. The Kier molecular flexibility index (Phi) is 4.83. The lowest BCUT2D eigenvalue weighted by Crippen LogP contribution is -2.51. The van der Waals surface area contributed by atoms with Gasteiger partial charge < -0.3 is 10.0 Å². The Balaban J connectivity index is 1.86. The van der Waals surface area contributed by atoms with Crippen LogP contribution in [0, 0.1) is 0 Å². The quantitative estimate of drug-likeness (QED) is 0.882. The SMILES string of the molecule is CCC(O)(CC)CN1CCN(c2ccccc2)CC1. The third-order valence-electron chi connectivity index (χ3n) is 4.33. The molecule has 106 valence electrons. The Morgan fingerprint density at radius 1 is 1.00 bits per heavy atom. The monoisotopic (exact) mass is 262 g/mol. The van der Waals surface area contributed by atoms with Crippen molar-refractivity contribution in [2.45, 2.75) is 32.3 Å². The molecule has 1 aromatic rings.